The Bertz CT molecular complexity index is 641. The predicted octanol–water partition coefficient (Wildman–Crippen LogP) is 1.97. The van der Waals surface area contributed by atoms with E-state index < -0.39 is 11.9 Å². The zero-order chi connectivity index (χ0) is 19.0. The first kappa shape index (κ1) is 21.5. The summed E-state index contributed by atoms with van der Waals surface area (Å²) in [4.78, 5) is 23.2. The van der Waals surface area contributed by atoms with Crippen molar-refractivity contribution in [1.29, 1.82) is 0 Å². The quantitative estimate of drug-likeness (QED) is 0.496. The lowest BCUT2D eigenvalue weighted by Gasteiger charge is -2.18. The van der Waals surface area contributed by atoms with Gasteiger partial charge in [-0.05, 0) is 42.3 Å². The molecule has 6 nitrogen and oxygen atoms in total. The van der Waals surface area contributed by atoms with Crippen molar-refractivity contribution in [2.45, 2.75) is 32.9 Å². The average molecular weight is 405 g/mol. The van der Waals surface area contributed by atoms with E-state index in [4.69, 9.17) is 41.2 Å². The summed E-state index contributed by atoms with van der Waals surface area (Å²) < 4.78 is 0. The van der Waals surface area contributed by atoms with Gasteiger partial charge in [-0.1, -0.05) is 43.1 Å². The molecule has 0 saturated heterocycles. The maximum Gasteiger partial charge on any atom is 0.240 e. The molecule has 0 aliphatic heterocycles. The molecule has 0 fully saturated rings. The van der Waals surface area contributed by atoms with Crippen molar-refractivity contribution in [2.24, 2.45) is 11.7 Å². The number of carbonyl (C=O) groups excluding carboxylic acids is 2. The highest BCUT2D eigenvalue weighted by Crippen LogP contribution is 2.22. The molecule has 9 heteroatoms. The second-order valence-electron chi connectivity index (χ2n) is 5.94. The van der Waals surface area contributed by atoms with Crippen LogP contribution in [0.3, 0.4) is 0 Å². The van der Waals surface area contributed by atoms with Crippen molar-refractivity contribution in [2.75, 3.05) is 6.54 Å². The van der Waals surface area contributed by atoms with Gasteiger partial charge in [-0.15, -0.1) is 0 Å². The Balaban J connectivity index is 2.38. The van der Waals surface area contributed by atoms with Crippen LogP contribution in [0.1, 0.15) is 25.8 Å². The molecule has 25 heavy (non-hydrogen) atoms. The summed E-state index contributed by atoms with van der Waals surface area (Å²) in [6, 6.07) is 4.56. The number of nitrogens with one attached hydrogen (secondary N) is 3. The molecule has 0 aliphatic carbocycles. The number of thiocarbonyl (C=S) groups is 1. The third-order valence-electron chi connectivity index (χ3n) is 3.23. The van der Waals surface area contributed by atoms with Crippen LogP contribution in [-0.2, 0) is 16.1 Å². The zero-order valence-electron chi connectivity index (χ0n) is 14.1. The molecule has 0 aromatic heterocycles. The van der Waals surface area contributed by atoms with E-state index in [1.807, 2.05) is 19.9 Å². The fraction of sp³-hybridized carbons (Fsp3) is 0.438. The molecule has 1 unspecified atom stereocenters. The molecule has 0 heterocycles. The molecule has 1 atom stereocenters. The van der Waals surface area contributed by atoms with Crippen molar-refractivity contribution in [3.63, 3.8) is 0 Å². The van der Waals surface area contributed by atoms with E-state index in [-0.39, 0.29) is 18.4 Å². The summed E-state index contributed by atoms with van der Waals surface area (Å²) in [5, 5.41) is 9.57. The second kappa shape index (κ2) is 10.4. The standard InChI is InChI=1S/C16H22Cl2N4O2S/c1-9(2)5-13(15(19)24)22-14(23)8-21-16(25)20-7-10-3-4-11(17)12(18)6-10/h3-4,6,9,13H,5,7-8H2,1-2H3,(H2,19,24)(H,22,23)(H2,20,21,25). The van der Waals surface area contributed by atoms with Crippen LogP contribution in [0, 0.1) is 5.92 Å². The topological polar surface area (TPSA) is 96.2 Å². The number of halogens is 2. The van der Waals surface area contributed by atoms with Gasteiger partial charge < -0.3 is 21.7 Å². The molecule has 0 spiro atoms. The van der Waals surface area contributed by atoms with Gasteiger partial charge >= 0.3 is 0 Å². The van der Waals surface area contributed by atoms with Crippen LogP contribution < -0.4 is 21.7 Å². The second-order valence-corrected chi connectivity index (χ2v) is 7.16. The summed E-state index contributed by atoms with van der Waals surface area (Å²) in [7, 11) is 0. The highest BCUT2D eigenvalue weighted by Gasteiger charge is 2.19. The number of carbonyl (C=O) groups is 2. The summed E-state index contributed by atoms with van der Waals surface area (Å²) >= 11 is 16.9. The summed E-state index contributed by atoms with van der Waals surface area (Å²) in [6.07, 6.45) is 0.487. The van der Waals surface area contributed by atoms with Gasteiger partial charge in [0.2, 0.25) is 11.8 Å². The van der Waals surface area contributed by atoms with Gasteiger partial charge in [-0.25, -0.2) is 0 Å². The first-order chi connectivity index (χ1) is 11.7. The van der Waals surface area contributed by atoms with E-state index in [0.717, 1.165) is 5.56 Å². The van der Waals surface area contributed by atoms with Crippen molar-refractivity contribution in [3.05, 3.63) is 33.8 Å². The van der Waals surface area contributed by atoms with Gasteiger partial charge in [0, 0.05) is 6.54 Å². The normalized spacial score (nSPS) is 11.7. The van der Waals surface area contributed by atoms with Gasteiger partial charge in [-0.2, -0.15) is 0 Å². The molecular weight excluding hydrogens is 383 g/mol. The number of benzene rings is 1. The van der Waals surface area contributed by atoms with Gasteiger partial charge in [0.25, 0.3) is 0 Å². The summed E-state index contributed by atoms with van der Waals surface area (Å²) in [5.74, 6) is -0.676. The molecule has 0 bridgehead atoms. The highest BCUT2D eigenvalue weighted by molar-refractivity contribution is 7.80. The number of rotatable bonds is 8. The molecule has 1 rings (SSSR count). The lowest BCUT2D eigenvalue weighted by molar-refractivity contribution is -0.127. The average Bonchev–Trinajstić information content (AvgIpc) is 2.53. The lowest BCUT2D eigenvalue weighted by atomic mass is 10.0. The predicted molar refractivity (Wildman–Crippen MR) is 104 cm³/mol. The van der Waals surface area contributed by atoms with Crippen LogP contribution in [0.2, 0.25) is 10.0 Å². The first-order valence-corrected chi connectivity index (χ1v) is 8.89. The SMILES string of the molecule is CC(C)CC(NC(=O)CNC(=S)NCc1ccc(Cl)c(Cl)c1)C(N)=O. The van der Waals surface area contributed by atoms with E-state index in [1.54, 1.807) is 12.1 Å². The molecule has 0 radical (unpaired) electrons. The number of nitrogens with two attached hydrogens (primary N) is 1. The van der Waals surface area contributed by atoms with Crippen LogP contribution in [-0.4, -0.2) is 29.5 Å². The maximum atomic E-state index is 11.9. The number of hydrogen-bond acceptors (Lipinski definition) is 3. The Morgan fingerprint density at radius 3 is 2.44 bits per heavy atom. The molecule has 1 aromatic rings. The van der Waals surface area contributed by atoms with Crippen LogP contribution in [0.4, 0.5) is 0 Å². The van der Waals surface area contributed by atoms with E-state index in [9.17, 15) is 9.59 Å². The number of primary amides is 1. The first-order valence-electron chi connectivity index (χ1n) is 7.73. The van der Waals surface area contributed by atoms with Gasteiger partial charge in [0.1, 0.15) is 6.04 Å². The van der Waals surface area contributed by atoms with Crippen LogP contribution in [0.15, 0.2) is 18.2 Å². The Morgan fingerprint density at radius 2 is 1.88 bits per heavy atom. The Kier molecular flexibility index (Phi) is 8.96. The van der Waals surface area contributed by atoms with Crippen molar-refractivity contribution < 1.29 is 9.59 Å². The monoisotopic (exact) mass is 404 g/mol. The summed E-state index contributed by atoms with van der Waals surface area (Å²) in [5.41, 5.74) is 6.19. The Morgan fingerprint density at radius 1 is 1.20 bits per heavy atom. The number of hydrogen-bond donors (Lipinski definition) is 4. The van der Waals surface area contributed by atoms with Gasteiger partial charge in [0.15, 0.2) is 5.11 Å². The minimum atomic E-state index is -0.688. The number of amides is 2. The summed E-state index contributed by atoms with van der Waals surface area (Å²) in [6.45, 7) is 4.27. The van der Waals surface area contributed by atoms with Crippen molar-refractivity contribution in [1.82, 2.24) is 16.0 Å². The van der Waals surface area contributed by atoms with Crippen LogP contribution in [0.5, 0.6) is 0 Å². The highest BCUT2D eigenvalue weighted by atomic mass is 35.5. The van der Waals surface area contributed by atoms with E-state index in [1.165, 1.54) is 0 Å². The van der Waals surface area contributed by atoms with Crippen LogP contribution in [0.25, 0.3) is 0 Å². The Hall–Kier alpha value is -1.57. The third-order valence-corrected chi connectivity index (χ3v) is 4.26. The third kappa shape index (κ3) is 8.38. The van der Waals surface area contributed by atoms with E-state index >= 15 is 0 Å². The molecule has 2 amide bonds. The molecule has 1 aromatic carbocycles. The Labute approximate surface area is 162 Å². The largest absolute Gasteiger partial charge is 0.368 e. The van der Waals surface area contributed by atoms with E-state index in [2.05, 4.69) is 16.0 Å². The smallest absolute Gasteiger partial charge is 0.240 e. The molecule has 0 aliphatic rings. The molecule has 5 N–H and O–H groups in total. The fourth-order valence-corrected chi connectivity index (χ4v) is 2.48. The fourth-order valence-electron chi connectivity index (χ4n) is 2.02. The molecular formula is C16H22Cl2N4O2S. The lowest BCUT2D eigenvalue weighted by Crippen LogP contribution is -2.49. The minimum Gasteiger partial charge on any atom is -0.368 e. The van der Waals surface area contributed by atoms with Crippen molar-refractivity contribution >= 4 is 52.3 Å². The molecule has 138 valence electrons. The molecule has 0 saturated carbocycles. The maximum absolute atomic E-state index is 11.9. The van der Waals surface area contributed by atoms with Crippen molar-refractivity contribution in [3.8, 4) is 0 Å². The van der Waals surface area contributed by atoms with Gasteiger partial charge in [0.05, 0.1) is 16.6 Å². The van der Waals surface area contributed by atoms with Gasteiger partial charge in [-0.3, -0.25) is 9.59 Å². The zero-order valence-corrected chi connectivity index (χ0v) is 16.4. The van der Waals surface area contributed by atoms with Crippen LogP contribution >= 0.6 is 35.4 Å². The van der Waals surface area contributed by atoms with E-state index in [0.29, 0.717) is 28.1 Å². The minimum absolute atomic E-state index is 0.0604.